The van der Waals surface area contributed by atoms with E-state index in [9.17, 15) is 0 Å². The first-order valence-corrected chi connectivity index (χ1v) is 13.3. The molecule has 0 N–H and O–H groups in total. The summed E-state index contributed by atoms with van der Waals surface area (Å²) in [5, 5.41) is 1.16. The molecule has 0 saturated heterocycles. The minimum atomic E-state index is 0.541. The number of thiol groups is 2. The van der Waals surface area contributed by atoms with Gasteiger partial charge in [-0.15, -0.1) is 0 Å². The standard InChI is InChI=1S/C25H44S2/c1-17(26)7-6-9-23(27)22-13-12-20-19-11-10-18-8-4-5-15-24(18,2)21(19)14-16-25(20,22)3/h17-23,26-27H,4-16H2,1-3H3/t17?,18?,19-,20-,21-,22?,23+,24-,25-/m0/s1. The Morgan fingerprint density at radius 3 is 2.37 bits per heavy atom. The summed E-state index contributed by atoms with van der Waals surface area (Å²) < 4.78 is 0. The van der Waals surface area contributed by atoms with Crippen LogP contribution in [0.1, 0.15) is 104 Å². The SMILES string of the molecule is CC(S)CCC[C@@H](S)C1CC[C@H]2[C@@H]3CCC4CCCC[C@]4(C)[C@H]3CC[C@]12C. The molecule has 4 aliphatic carbocycles. The average molecular weight is 409 g/mol. The van der Waals surface area contributed by atoms with Gasteiger partial charge in [-0.25, -0.2) is 0 Å². The van der Waals surface area contributed by atoms with Crippen LogP contribution in [0.25, 0.3) is 0 Å². The highest BCUT2D eigenvalue weighted by molar-refractivity contribution is 7.81. The van der Waals surface area contributed by atoms with Gasteiger partial charge in [-0.2, -0.15) is 25.3 Å². The van der Waals surface area contributed by atoms with E-state index in [-0.39, 0.29) is 0 Å². The molecule has 2 heteroatoms. The van der Waals surface area contributed by atoms with Gasteiger partial charge in [-0.3, -0.25) is 0 Å². The summed E-state index contributed by atoms with van der Waals surface area (Å²) in [5.74, 6) is 4.98. The summed E-state index contributed by atoms with van der Waals surface area (Å²) in [7, 11) is 0. The van der Waals surface area contributed by atoms with Gasteiger partial charge in [0.05, 0.1) is 0 Å². The smallest absolute Gasteiger partial charge is 0.00503 e. The predicted octanol–water partition coefficient (Wildman–Crippen LogP) is 7.82. The molecule has 4 saturated carbocycles. The third kappa shape index (κ3) is 3.66. The zero-order valence-corrected chi connectivity index (χ0v) is 19.9. The molecular weight excluding hydrogens is 364 g/mol. The maximum Gasteiger partial charge on any atom is 0.00503 e. The number of rotatable bonds is 5. The molecule has 0 aromatic carbocycles. The van der Waals surface area contributed by atoms with Crippen LogP contribution >= 0.6 is 25.3 Å². The second kappa shape index (κ2) is 8.09. The molecule has 4 rings (SSSR count). The van der Waals surface area contributed by atoms with Gasteiger partial charge in [0, 0.05) is 5.25 Å². The fourth-order valence-electron chi connectivity index (χ4n) is 8.79. The predicted molar refractivity (Wildman–Crippen MR) is 125 cm³/mol. The zero-order valence-electron chi connectivity index (χ0n) is 18.1. The molecule has 3 unspecified atom stereocenters. The van der Waals surface area contributed by atoms with Crippen molar-refractivity contribution in [3.8, 4) is 0 Å². The topological polar surface area (TPSA) is 0 Å². The molecule has 0 heterocycles. The Hall–Kier alpha value is 0.700. The van der Waals surface area contributed by atoms with Crippen molar-refractivity contribution in [2.24, 2.45) is 40.4 Å². The van der Waals surface area contributed by atoms with Gasteiger partial charge in [0.2, 0.25) is 0 Å². The Morgan fingerprint density at radius 1 is 0.815 bits per heavy atom. The van der Waals surface area contributed by atoms with E-state index in [0.29, 0.717) is 21.3 Å². The van der Waals surface area contributed by atoms with Gasteiger partial charge in [-0.05, 0) is 110 Å². The fourth-order valence-corrected chi connectivity index (χ4v) is 9.65. The van der Waals surface area contributed by atoms with E-state index in [0.717, 1.165) is 29.6 Å². The minimum Gasteiger partial charge on any atom is -0.176 e. The molecule has 0 amide bonds. The number of hydrogen-bond donors (Lipinski definition) is 2. The van der Waals surface area contributed by atoms with E-state index in [1.165, 1.54) is 70.6 Å². The van der Waals surface area contributed by atoms with Crippen LogP contribution in [-0.4, -0.2) is 10.5 Å². The molecule has 0 radical (unpaired) electrons. The van der Waals surface area contributed by atoms with Crippen molar-refractivity contribution >= 4 is 25.3 Å². The minimum absolute atomic E-state index is 0.541. The Balaban J connectivity index is 1.46. The highest BCUT2D eigenvalue weighted by Crippen LogP contribution is 2.68. The fraction of sp³-hybridized carbons (Fsp3) is 1.00. The van der Waals surface area contributed by atoms with Gasteiger partial charge in [0.1, 0.15) is 0 Å². The van der Waals surface area contributed by atoms with Crippen molar-refractivity contribution in [1.29, 1.82) is 0 Å². The third-order valence-corrected chi connectivity index (χ3v) is 11.1. The van der Waals surface area contributed by atoms with Crippen molar-refractivity contribution in [3.63, 3.8) is 0 Å². The molecular formula is C25H44S2. The first-order valence-electron chi connectivity index (χ1n) is 12.2. The summed E-state index contributed by atoms with van der Waals surface area (Å²) in [6.07, 6.45) is 19.0. The van der Waals surface area contributed by atoms with Crippen molar-refractivity contribution in [2.75, 3.05) is 0 Å². The van der Waals surface area contributed by atoms with E-state index in [4.69, 9.17) is 12.6 Å². The third-order valence-electron chi connectivity index (χ3n) is 10.2. The van der Waals surface area contributed by atoms with Gasteiger partial charge in [0.15, 0.2) is 0 Å². The summed E-state index contributed by atoms with van der Waals surface area (Å²) >= 11 is 9.76. The van der Waals surface area contributed by atoms with Crippen LogP contribution in [0.2, 0.25) is 0 Å². The van der Waals surface area contributed by atoms with Crippen molar-refractivity contribution in [2.45, 2.75) is 115 Å². The van der Waals surface area contributed by atoms with Crippen LogP contribution in [0.4, 0.5) is 0 Å². The summed E-state index contributed by atoms with van der Waals surface area (Å²) in [4.78, 5) is 0. The summed E-state index contributed by atoms with van der Waals surface area (Å²) in [5.41, 5.74) is 1.27. The first-order chi connectivity index (χ1) is 12.9. The molecule has 0 aromatic rings. The number of hydrogen-bond acceptors (Lipinski definition) is 2. The largest absolute Gasteiger partial charge is 0.176 e. The Labute approximate surface area is 180 Å². The molecule has 0 spiro atoms. The van der Waals surface area contributed by atoms with E-state index >= 15 is 0 Å². The molecule has 4 fully saturated rings. The second-order valence-electron chi connectivity index (χ2n) is 11.5. The van der Waals surface area contributed by atoms with Crippen LogP contribution in [0.3, 0.4) is 0 Å². The zero-order chi connectivity index (χ0) is 19.2. The Kier molecular flexibility index (Phi) is 6.27. The lowest BCUT2D eigenvalue weighted by atomic mass is 9.45. The van der Waals surface area contributed by atoms with Gasteiger partial charge >= 0.3 is 0 Å². The Morgan fingerprint density at radius 2 is 1.59 bits per heavy atom. The van der Waals surface area contributed by atoms with Gasteiger partial charge in [-0.1, -0.05) is 40.0 Å². The van der Waals surface area contributed by atoms with E-state index in [1.54, 1.807) is 12.8 Å². The van der Waals surface area contributed by atoms with Gasteiger partial charge < -0.3 is 0 Å². The lowest BCUT2D eigenvalue weighted by Crippen LogP contribution is -2.53. The maximum absolute atomic E-state index is 5.18. The van der Waals surface area contributed by atoms with Crippen LogP contribution in [-0.2, 0) is 0 Å². The molecule has 0 bridgehead atoms. The van der Waals surface area contributed by atoms with E-state index < -0.39 is 0 Å². The van der Waals surface area contributed by atoms with Crippen molar-refractivity contribution < 1.29 is 0 Å². The number of fused-ring (bicyclic) bond motifs is 5. The summed E-state index contributed by atoms with van der Waals surface area (Å²) in [6, 6.07) is 0. The molecule has 4 aliphatic rings. The molecule has 0 aromatic heterocycles. The van der Waals surface area contributed by atoms with E-state index in [2.05, 4.69) is 33.4 Å². The molecule has 27 heavy (non-hydrogen) atoms. The normalized spacial score (nSPS) is 49.0. The average Bonchev–Trinajstić information content (AvgIpc) is 2.98. The van der Waals surface area contributed by atoms with E-state index in [1.807, 2.05) is 0 Å². The maximum atomic E-state index is 5.18. The van der Waals surface area contributed by atoms with Crippen molar-refractivity contribution in [1.82, 2.24) is 0 Å². The molecule has 9 atom stereocenters. The quantitative estimate of drug-likeness (QED) is 0.425. The molecule has 0 nitrogen and oxygen atoms in total. The molecule has 0 aliphatic heterocycles. The highest BCUT2D eigenvalue weighted by atomic mass is 32.1. The lowest BCUT2D eigenvalue weighted by Gasteiger charge is -2.60. The lowest BCUT2D eigenvalue weighted by molar-refractivity contribution is -0.110. The monoisotopic (exact) mass is 408 g/mol. The van der Waals surface area contributed by atoms with Gasteiger partial charge in [0.25, 0.3) is 0 Å². The van der Waals surface area contributed by atoms with Crippen LogP contribution in [0.5, 0.6) is 0 Å². The van der Waals surface area contributed by atoms with Crippen molar-refractivity contribution in [3.05, 3.63) is 0 Å². The van der Waals surface area contributed by atoms with Crippen LogP contribution < -0.4 is 0 Å². The Bertz CT molecular complexity index is 516. The highest BCUT2D eigenvalue weighted by Gasteiger charge is 2.60. The molecule has 156 valence electrons. The second-order valence-corrected chi connectivity index (χ2v) is 13.0. The van der Waals surface area contributed by atoms with Crippen LogP contribution in [0.15, 0.2) is 0 Å². The first kappa shape index (κ1) is 21.0. The van der Waals surface area contributed by atoms with Crippen LogP contribution in [0, 0.1) is 40.4 Å². The summed E-state index contributed by atoms with van der Waals surface area (Å²) in [6.45, 7) is 7.63.